The first-order chi connectivity index (χ1) is 14.7. The van der Waals surface area contributed by atoms with Crippen LogP contribution in [-0.4, -0.2) is 53.0 Å². The fourth-order valence-corrected chi connectivity index (χ4v) is 4.60. The third kappa shape index (κ3) is 4.18. The minimum Gasteiger partial charge on any atom is -0.370 e. The Kier molecular flexibility index (Phi) is 5.16. The Hall–Kier alpha value is -2.87. The maximum Gasteiger partial charge on any atom is 0.229 e. The number of carbonyl (C=O) groups excluding carboxylic acids is 1. The number of anilines is 4. The lowest BCUT2D eigenvalue weighted by Crippen LogP contribution is -2.33. The van der Waals surface area contributed by atoms with Gasteiger partial charge in [-0.25, -0.2) is 4.98 Å². The molecule has 7 nitrogen and oxygen atoms in total. The molecule has 1 aliphatic heterocycles. The highest BCUT2D eigenvalue weighted by atomic mass is 32.1. The third-order valence-corrected chi connectivity index (χ3v) is 6.56. The van der Waals surface area contributed by atoms with E-state index < -0.39 is 0 Å². The van der Waals surface area contributed by atoms with Crippen LogP contribution >= 0.6 is 11.3 Å². The van der Waals surface area contributed by atoms with E-state index in [1.54, 1.807) is 18.3 Å². The standard InChI is InChI=1S/C22H26N6OS/c1-15(29)27-10-2-11-28(13-12-27)18-7-5-17(6-8-18)24-22-25-19-9-14-30-20(19)21(26-22)23-16-3-4-16/h5-9,14,16H,2-4,10-13H2,1H3,(H2,23,24,25,26). The number of hydrogen-bond donors (Lipinski definition) is 2. The Bertz CT molecular complexity index is 1050. The van der Waals surface area contributed by atoms with Gasteiger partial charge in [-0.1, -0.05) is 0 Å². The van der Waals surface area contributed by atoms with E-state index in [9.17, 15) is 4.79 Å². The minimum atomic E-state index is 0.162. The summed E-state index contributed by atoms with van der Waals surface area (Å²) in [5.74, 6) is 1.70. The molecule has 30 heavy (non-hydrogen) atoms. The van der Waals surface area contributed by atoms with Crippen molar-refractivity contribution in [2.45, 2.75) is 32.2 Å². The Morgan fingerprint density at radius 1 is 1.07 bits per heavy atom. The molecular formula is C22H26N6OS. The summed E-state index contributed by atoms with van der Waals surface area (Å²) in [5.41, 5.74) is 3.11. The molecule has 5 rings (SSSR count). The molecule has 0 bridgehead atoms. The fraction of sp³-hybridized carbons (Fsp3) is 0.409. The van der Waals surface area contributed by atoms with Crippen molar-refractivity contribution in [1.82, 2.24) is 14.9 Å². The highest BCUT2D eigenvalue weighted by molar-refractivity contribution is 7.17. The zero-order valence-corrected chi connectivity index (χ0v) is 17.9. The summed E-state index contributed by atoms with van der Waals surface area (Å²) in [7, 11) is 0. The first kappa shape index (κ1) is 19.1. The first-order valence-electron chi connectivity index (χ1n) is 10.5. The molecule has 2 aromatic heterocycles. The summed E-state index contributed by atoms with van der Waals surface area (Å²) in [5, 5.41) is 8.94. The van der Waals surface area contributed by atoms with Crippen LogP contribution in [0.15, 0.2) is 35.7 Å². The molecular weight excluding hydrogens is 396 g/mol. The van der Waals surface area contributed by atoms with Crippen LogP contribution in [0, 0.1) is 0 Å². The molecule has 0 radical (unpaired) electrons. The number of carbonyl (C=O) groups is 1. The van der Waals surface area contributed by atoms with Crippen LogP contribution in [0.25, 0.3) is 10.2 Å². The molecule has 1 aromatic carbocycles. The molecule has 1 saturated carbocycles. The van der Waals surface area contributed by atoms with Gasteiger partial charge in [0.1, 0.15) is 5.82 Å². The fourth-order valence-electron chi connectivity index (χ4n) is 3.81. The third-order valence-electron chi connectivity index (χ3n) is 5.65. The van der Waals surface area contributed by atoms with Crippen LogP contribution < -0.4 is 15.5 Å². The molecule has 3 aromatic rings. The monoisotopic (exact) mass is 422 g/mol. The number of rotatable bonds is 5. The van der Waals surface area contributed by atoms with Crippen LogP contribution in [0.1, 0.15) is 26.2 Å². The Morgan fingerprint density at radius 3 is 2.67 bits per heavy atom. The SMILES string of the molecule is CC(=O)N1CCCN(c2ccc(Nc3nc(NC4CC4)c4sccc4n3)cc2)CC1. The number of fused-ring (bicyclic) bond motifs is 1. The van der Waals surface area contributed by atoms with E-state index in [2.05, 4.69) is 50.2 Å². The van der Waals surface area contributed by atoms with Crippen molar-refractivity contribution in [3.8, 4) is 0 Å². The maximum atomic E-state index is 11.6. The number of nitrogens with zero attached hydrogens (tertiary/aromatic N) is 4. The molecule has 1 amide bonds. The number of benzene rings is 1. The van der Waals surface area contributed by atoms with Gasteiger partial charge in [-0.15, -0.1) is 11.3 Å². The highest BCUT2D eigenvalue weighted by Crippen LogP contribution is 2.32. The topological polar surface area (TPSA) is 73.4 Å². The van der Waals surface area contributed by atoms with E-state index >= 15 is 0 Å². The zero-order chi connectivity index (χ0) is 20.5. The van der Waals surface area contributed by atoms with Gasteiger partial charge in [-0.3, -0.25) is 4.79 Å². The zero-order valence-electron chi connectivity index (χ0n) is 17.1. The second-order valence-corrected chi connectivity index (χ2v) is 8.88. The summed E-state index contributed by atoms with van der Waals surface area (Å²) in [6.45, 7) is 5.09. The number of nitrogens with one attached hydrogen (secondary N) is 2. The van der Waals surface area contributed by atoms with Gasteiger partial charge < -0.3 is 20.4 Å². The van der Waals surface area contributed by atoms with Crippen molar-refractivity contribution in [2.75, 3.05) is 41.7 Å². The lowest BCUT2D eigenvalue weighted by Gasteiger charge is -2.23. The van der Waals surface area contributed by atoms with Gasteiger partial charge in [0.05, 0.1) is 10.2 Å². The molecule has 156 valence electrons. The van der Waals surface area contributed by atoms with Crippen LogP contribution in [0.5, 0.6) is 0 Å². The van der Waals surface area contributed by atoms with Crippen LogP contribution in [0.3, 0.4) is 0 Å². The van der Waals surface area contributed by atoms with Gasteiger partial charge in [-0.05, 0) is 55.0 Å². The van der Waals surface area contributed by atoms with E-state index in [1.165, 1.54) is 18.5 Å². The number of hydrogen-bond acceptors (Lipinski definition) is 7. The lowest BCUT2D eigenvalue weighted by molar-refractivity contribution is -0.128. The average molecular weight is 423 g/mol. The molecule has 2 fully saturated rings. The predicted octanol–water partition coefficient (Wildman–Crippen LogP) is 4.07. The Labute approximate surface area is 180 Å². The predicted molar refractivity (Wildman–Crippen MR) is 123 cm³/mol. The number of amides is 1. The van der Waals surface area contributed by atoms with Gasteiger partial charge in [-0.2, -0.15) is 4.98 Å². The first-order valence-corrected chi connectivity index (χ1v) is 11.4. The van der Waals surface area contributed by atoms with Crippen molar-refractivity contribution in [3.63, 3.8) is 0 Å². The maximum absolute atomic E-state index is 11.6. The summed E-state index contributed by atoms with van der Waals surface area (Å²) in [4.78, 5) is 25.3. The second kappa shape index (κ2) is 8.10. The summed E-state index contributed by atoms with van der Waals surface area (Å²) in [6.07, 6.45) is 3.41. The Morgan fingerprint density at radius 2 is 1.90 bits per heavy atom. The van der Waals surface area contributed by atoms with Gasteiger partial charge in [0.2, 0.25) is 11.9 Å². The molecule has 0 spiro atoms. The van der Waals surface area contributed by atoms with E-state index in [-0.39, 0.29) is 5.91 Å². The van der Waals surface area contributed by atoms with Crippen molar-refractivity contribution in [3.05, 3.63) is 35.7 Å². The van der Waals surface area contributed by atoms with Gasteiger partial charge in [0.25, 0.3) is 0 Å². The minimum absolute atomic E-state index is 0.162. The van der Waals surface area contributed by atoms with Gasteiger partial charge in [0, 0.05) is 50.5 Å². The van der Waals surface area contributed by atoms with Gasteiger partial charge in [0.15, 0.2) is 0 Å². The van der Waals surface area contributed by atoms with Crippen LogP contribution in [0.2, 0.25) is 0 Å². The van der Waals surface area contributed by atoms with Crippen LogP contribution in [-0.2, 0) is 4.79 Å². The molecule has 8 heteroatoms. The van der Waals surface area contributed by atoms with Crippen molar-refractivity contribution in [1.29, 1.82) is 0 Å². The van der Waals surface area contributed by atoms with E-state index in [0.29, 0.717) is 12.0 Å². The van der Waals surface area contributed by atoms with Crippen molar-refractivity contribution < 1.29 is 4.79 Å². The highest BCUT2D eigenvalue weighted by Gasteiger charge is 2.23. The summed E-state index contributed by atoms with van der Waals surface area (Å²) >= 11 is 1.67. The van der Waals surface area contributed by atoms with Crippen molar-refractivity contribution in [2.24, 2.45) is 0 Å². The lowest BCUT2D eigenvalue weighted by atomic mass is 10.2. The number of aromatic nitrogens is 2. The van der Waals surface area contributed by atoms with E-state index in [4.69, 9.17) is 4.98 Å². The molecule has 0 unspecified atom stereocenters. The van der Waals surface area contributed by atoms with Crippen molar-refractivity contribution >= 4 is 50.6 Å². The van der Waals surface area contributed by atoms with Gasteiger partial charge >= 0.3 is 0 Å². The summed E-state index contributed by atoms with van der Waals surface area (Å²) < 4.78 is 1.11. The smallest absolute Gasteiger partial charge is 0.229 e. The number of thiophene rings is 1. The molecule has 3 heterocycles. The molecule has 1 saturated heterocycles. The average Bonchev–Trinajstić information content (AvgIpc) is 3.48. The van der Waals surface area contributed by atoms with Crippen LogP contribution in [0.4, 0.5) is 23.1 Å². The van der Waals surface area contributed by atoms with E-state index in [1.807, 2.05) is 11.0 Å². The molecule has 2 aliphatic rings. The second-order valence-electron chi connectivity index (χ2n) is 7.97. The molecule has 2 N–H and O–H groups in total. The molecule has 0 atom stereocenters. The normalized spacial score (nSPS) is 17.1. The largest absolute Gasteiger partial charge is 0.370 e. The van der Waals surface area contributed by atoms with E-state index in [0.717, 1.165) is 54.3 Å². The quantitative estimate of drug-likeness (QED) is 0.646. The molecule has 1 aliphatic carbocycles. The Balaban J connectivity index is 1.30. The summed E-state index contributed by atoms with van der Waals surface area (Å²) in [6, 6.07) is 11.0.